The summed E-state index contributed by atoms with van der Waals surface area (Å²) in [6.07, 6.45) is 3.72. The average Bonchev–Trinajstić information content (AvgIpc) is 2.79. The number of ether oxygens (including phenoxy) is 2. The van der Waals surface area contributed by atoms with Crippen molar-refractivity contribution in [1.29, 1.82) is 0 Å². The molecule has 0 amide bonds. The summed E-state index contributed by atoms with van der Waals surface area (Å²) in [4.78, 5) is 11.4. The minimum atomic E-state index is -0.411. The van der Waals surface area contributed by atoms with Gasteiger partial charge in [0.2, 0.25) is 0 Å². The number of carbonyl (C=O) groups is 1. The maximum atomic E-state index is 11.4. The van der Waals surface area contributed by atoms with Gasteiger partial charge in [-0.15, -0.1) is 5.10 Å². The van der Waals surface area contributed by atoms with Gasteiger partial charge in [0.05, 0.1) is 12.8 Å². The van der Waals surface area contributed by atoms with Gasteiger partial charge < -0.3 is 9.47 Å². The van der Waals surface area contributed by atoms with E-state index in [1.54, 1.807) is 17.8 Å². The Labute approximate surface area is 99.9 Å². The Morgan fingerprint density at radius 3 is 3.06 bits per heavy atom. The Morgan fingerprint density at radius 1 is 1.59 bits per heavy atom. The minimum absolute atomic E-state index is 0.277. The molecule has 1 aromatic heterocycles. The molecular formula is C11H17N3O3. The van der Waals surface area contributed by atoms with E-state index in [9.17, 15) is 4.79 Å². The SMILES string of the molecule is CCOC(=O)c1cn(CC2CCOCC2)nn1. The highest BCUT2D eigenvalue weighted by molar-refractivity contribution is 5.86. The molecule has 2 rings (SSSR count). The molecule has 0 spiro atoms. The number of hydrogen-bond acceptors (Lipinski definition) is 5. The van der Waals surface area contributed by atoms with E-state index in [2.05, 4.69) is 10.3 Å². The zero-order valence-electron chi connectivity index (χ0n) is 9.96. The van der Waals surface area contributed by atoms with Crippen LogP contribution in [-0.4, -0.2) is 40.8 Å². The Kier molecular flexibility index (Phi) is 4.08. The summed E-state index contributed by atoms with van der Waals surface area (Å²) in [6, 6.07) is 0. The van der Waals surface area contributed by atoms with Gasteiger partial charge in [0.15, 0.2) is 5.69 Å². The predicted molar refractivity (Wildman–Crippen MR) is 59.5 cm³/mol. The van der Waals surface area contributed by atoms with Crippen molar-refractivity contribution in [3.63, 3.8) is 0 Å². The van der Waals surface area contributed by atoms with Gasteiger partial charge in [-0.05, 0) is 25.7 Å². The standard InChI is InChI=1S/C11H17N3O3/c1-2-17-11(15)10-8-14(13-12-10)7-9-3-5-16-6-4-9/h8-9H,2-7H2,1H3. The van der Waals surface area contributed by atoms with Crippen LogP contribution in [0.4, 0.5) is 0 Å². The number of nitrogens with zero attached hydrogens (tertiary/aromatic N) is 3. The van der Waals surface area contributed by atoms with Crippen LogP contribution in [0.15, 0.2) is 6.20 Å². The zero-order chi connectivity index (χ0) is 12.1. The van der Waals surface area contributed by atoms with Crippen LogP contribution in [0.25, 0.3) is 0 Å². The first-order chi connectivity index (χ1) is 8.29. The smallest absolute Gasteiger partial charge is 0.360 e. The Morgan fingerprint density at radius 2 is 2.35 bits per heavy atom. The lowest BCUT2D eigenvalue weighted by atomic mass is 10.0. The van der Waals surface area contributed by atoms with Crippen molar-refractivity contribution in [2.24, 2.45) is 5.92 Å². The second-order valence-corrected chi connectivity index (χ2v) is 4.10. The maximum absolute atomic E-state index is 11.4. The van der Waals surface area contributed by atoms with Crippen molar-refractivity contribution in [2.75, 3.05) is 19.8 Å². The maximum Gasteiger partial charge on any atom is 0.360 e. The number of esters is 1. The molecule has 6 nitrogen and oxygen atoms in total. The number of hydrogen-bond donors (Lipinski definition) is 0. The molecule has 1 saturated heterocycles. The molecule has 0 unspecified atom stereocenters. The van der Waals surface area contributed by atoms with E-state index in [-0.39, 0.29) is 5.69 Å². The fraction of sp³-hybridized carbons (Fsp3) is 0.727. The van der Waals surface area contributed by atoms with Gasteiger partial charge in [-0.3, -0.25) is 4.68 Å². The molecule has 0 aromatic carbocycles. The molecule has 2 heterocycles. The second-order valence-electron chi connectivity index (χ2n) is 4.10. The molecule has 1 aromatic rings. The van der Waals surface area contributed by atoms with Crippen LogP contribution in [0.5, 0.6) is 0 Å². The summed E-state index contributed by atoms with van der Waals surface area (Å²) in [7, 11) is 0. The third kappa shape index (κ3) is 3.26. The fourth-order valence-electron chi connectivity index (χ4n) is 1.88. The molecule has 0 N–H and O–H groups in total. The highest BCUT2D eigenvalue weighted by atomic mass is 16.5. The van der Waals surface area contributed by atoms with Crippen LogP contribution in [-0.2, 0) is 16.0 Å². The third-order valence-corrected chi connectivity index (χ3v) is 2.81. The first-order valence-corrected chi connectivity index (χ1v) is 5.94. The van der Waals surface area contributed by atoms with E-state index < -0.39 is 5.97 Å². The summed E-state index contributed by atoms with van der Waals surface area (Å²) in [6.45, 7) is 4.53. The van der Waals surface area contributed by atoms with Crippen molar-refractivity contribution in [1.82, 2.24) is 15.0 Å². The van der Waals surface area contributed by atoms with E-state index in [4.69, 9.17) is 9.47 Å². The van der Waals surface area contributed by atoms with Gasteiger partial charge in [0.1, 0.15) is 0 Å². The molecule has 1 fully saturated rings. The normalized spacial score (nSPS) is 17.0. The number of rotatable bonds is 4. The second kappa shape index (κ2) is 5.77. The van der Waals surface area contributed by atoms with Gasteiger partial charge in [-0.1, -0.05) is 5.21 Å². The highest BCUT2D eigenvalue weighted by Crippen LogP contribution is 2.16. The lowest BCUT2D eigenvalue weighted by Crippen LogP contribution is -2.20. The largest absolute Gasteiger partial charge is 0.461 e. The molecule has 17 heavy (non-hydrogen) atoms. The summed E-state index contributed by atoms with van der Waals surface area (Å²) < 4.78 is 11.9. The van der Waals surface area contributed by atoms with Crippen molar-refractivity contribution in [3.8, 4) is 0 Å². The summed E-state index contributed by atoms with van der Waals surface area (Å²) in [5, 5.41) is 7.75. The fourth-order valence-corrected chi connectivity index (χ4v) is 1.88. The summed E-state index contributed by atoms with van der Waals surface area (Å²) >= 11 is 0. The molecule has 1 aliphatic heterocycles. The quantitative estimate of drug-likeness (QED) is 0.730. The molecule has 94 valence electrons. The highest BCUT2D eigenvalue weighted by Gasteiger charge is 2.17. The van der Waals surface area contributed by atoms with Crippen molar-refractivity contribution < 1.29 is 14.3 Å². The average molecular weight is 239 g/mol. The monoisotopic (exact) mass is 239 g/mol. The van der Waals surface area contributed by atoms with Crippen LogP contribution in [0.3, 0.4) is 0 Å². The molecule has 1 aliphatic rings. The van der Waals surface area contributed by atoms with Crippen LogP contribution in [0.1, 0.15) is 30.3 Å². The Bertz CT molecular complexity index is 372. The Balaban J connectivity index is 1.91. The van der Waals surface area contributed by atoms with Gasteiger partial charge in [-0.2, -0.15) is 0 Å². The van der Waals surface area contributed by atoms with E-state index in [0.717, 1.165) is 32.6 Å². The van der Waals surface area contributed by atoms with Gasteiger partial charge in [0.25, 0.3) is 0 Å². The first kappa shape index (κ1) is 12.0. The molecule has 0 radical (unpaired) electrons. The van der Waals surface area contributed by atoms with Crippen LogP contribution < -0.4 is 0 Å². The van der Waals surface area contributed by atoms with Gasteiger partial charge in [-0.25, -0.2) is 4.79 Å². The van der Waals surface area contributed by atoms with Gasteiger partial charge in [0, 0.05) is 19.8 Å². The zero-order valence-corrected chi connectivity index (χ0v) is 9.96. The first-order valence-electron chi connectivity index (χ1n) is 5.94. The predicted octanol–water partition coefficient (Wildman–Crippen LogP) is 0.881. The van der Waals surface area contributed by atoms with E-state index in [1.165, 1.54) is 0 Å². The van der Waals surface area contributed by atoms with E-state index in [1.807, 2.05) is 0 Å². The molecule has 0 saturated carbocycles. The molecular weight excluding hydrogens is 222 g/mol. The van der Waals surface area contributed by atoms with Crippen LogP contribution in [0, 0.1) is 5.92 Å². The van der Waals surface area contributed by atoms with Crippen LogP contribution >= 0.6 is 0 Å². The van der Waals surface area contributed by atoms with Crippen molar-refractivity contribution in [3.05, 3.63) is 11.9 Å². The number of carbonyl (C=O) groups excluding carboxylic acids is 1. The summed E-state index contributed by atoms with van der Waals surface area (Å²) in [5.74, 6) is 0.145. The van der Waals surface area contributed by atoms with Crippen molar-refractivity contribution in [2.45, 2.75) is 26.3 Å². The molecule has 0 bridgehead atoms. The van der Waals surface area contributed by atoms with Crippen LogP contribution in [0.2, 0.25) is 0 Å². The third-order valence-electron chi connectivity index (χ3n) is 2.81. The van der Waals surface area contributed by atoms with Gasteiger partial charge >= 0.3 is 5.97 Å². The minimum Gasteiger partial charge on any atom is -0.461 e. The Hall–Kier alpha value is -1.43. The van der Waals surface area contributed by atoms with E-state index in [0.29, 0.717) is 12.5 Å². The van der Waals surface area contributed by atoms with Crippen molar-refractivity contribution >= 4 is 5.97 Å². The molecule has 6 heteroatoms. The lowest BCUT2D eigenvalue weighted by molar-refractivity contribution is 0.0518. The van der Waals surface area contributed by atoms with E-state index >= 15 is 0 Å². The topological polar surface area (TPSA) is 66.2 Å². The summed E-state index contributed by atoms with van der Waals surface area (Å²) in [5.41, 5.74) is 0.277. The lowest BCUT2D eigenvalue weighted by Gasteiger charge is -2.21. The molecule has 0 aliphatic carbocycles. The molecule has 0 atom stereocenters. The number of aromatic nitrogens is 3.